The van der Waals surface area contributed by atoms with E-state index in [-0.39, 0.29) is 5.91 Å². The van der Waals surface area contributed by atoms with Gasteiger partial charge >= 0.3 is 0 Å². The van der Waals surface area contributed by atoms with Crippen LogP contribution in [-0.2, 0) is 4.79 Å². The maximum absolute atomic E-state index is 11.7. The third kappa shape index (κ3) is 9.04. The average molecular weight is 246 g/mol. The fourth-order valence-electron chi connectivity index (χ4n) is 1.41. The third-order valence-corrected chi connectivity index (χ3v) is 3.39. The van der Waals surface area contributed by atoms with Crippen LogP contribution in [-0.4, -0.2) is 61.4 Å². The van der Waals surface area contributed by atoms with Gasteiger partial charge in [0.15, 0.2) is 0 Å². The van der Waals surface area contributed by atoms with E-state index < -0.39 is 0 Å². The van der Waals surface area contributed by atoms with Crippen LogP contribution in [0.25, 0.3) is 0 Å². The average Bonchev–Trinajstić information content (AvgIpc) is 2.23. The summed E-state index contributed by atoms with van der Waals surface area (Å²) in [6.45, 7) is 4.07. The van der Waals surface area contributed by atoms with Crippen LogP contribution in [0.2, 0.25) is 0 Å². The molecule has 16 heavy (non-hydrogen) atoms. The lowest BCUT2D eigenvalue weighted by atomic mass is 10.3. The molecule has 0 aliphatic carbocycles. The molecule has 0 rings (SSSR count). The first-order valence-corrected chi connectivity index (χ1v) is 7.19. The molecule has 0 N–H and O–H groups in total. The second-order valence-electron chi connectivity index (χ2n) is 4.27. The summed E-state index contributed by atoms with van der Waals surface area (Å²) in [6, 6.07) is 0. The quantitative estimate of drug-likeness (QED) is 0.581. The molecule has 0 aromatic heterocycles. The standard InChI is InChI=1S/C12H26N2OS/c1-5-16-11-6-8-12(15)14(4)10-7-9-13(2)3/h5-11H2,1-4H3. The van der Waals surface area contributed by atoms with Gasteiger partial charge in [0.1, 0.15) is 0 Å². The highest BCUT2D eigenvalue weighted by Crippen LogP contribution is 2.05. The first-order valence-electron chi connectivity index (χ1n) is 6.04. The van der Waals surface area contributed by atoms with Gasteiger partial charge in [-0.2, -0.15) is 11.8 Å². The molecule has 0 atom stereocenters. The van der Waals surface area contributed by atoms with Crippen LogP contribution in [0.5, 0.6) is 0 Å². The van der Waals surface area contributed by atoms with Crippen molar-refractivity contribution in [3.05, 3.63) is 0 Å². The van der Waals surface area contributed by atoms with Crippen molar-refractivity contribution in [2.24, 2.45) is 0 Å². The topological polar surface area (TPSA) is 23.6 Å². The number of amides is 1. The zero-order chi connectivity index (χ0) is 12.4. The number of rotatable bonds is 9. The van der Waals surface area contributed by atoms with E-state index in [2.05, 4.69) is 25.9 Å². The summed E-state index contributed by atoms with van der Waals surface area (Å²) in [5.41, 5.74) is 0. The van der Waals surface area contributed by atoms with Gasteiger partial charge in [-0.05, 0) is 45.0 Å². The molecular formula is C12H26N2OS. The molecule has 1 amide bonds. The lowest BCUT2D eigenvalue weighted by Gasteiger charge is -2.18. The maximum atomic E-state index is 11.7. The van der Waals surface area contributed by atoms with Gasteiger partial charge in [-0.3, -0.25) is 4.79 Å². The lowest BCUT2D eigenvalue weighted by molar-refractivity contribution is -0.129. The van der Waals surface area contributed by atoms with E-state index in [1.54, 1.807) is 0 Å². The fourth-order valence-corrected chi connectivity index (χ4v) is 2.05. The van der Waals surface area contributed by atoms with Gasteiger partial charge in [-0.1, -0.05) is 6.92 Å². The van der Waals surface area contributed by atoms with E-state index in [1.807, 2.05) is 23.7 Å². The summed E-state index contributed by atoms with van der Waals surface area (Å²) in [4.78, 5) is 15.7. The largest absolute Gasteiger partial charge is 0.346 e. The SMILES string of the molecule is CCSCCCC(=O)N(C)CCCN(C)C. The second kappa shape index (κ2) is 9.97. The van der Waals surface area contributed by atoms with Crippen LogP contribution in [0.15, 0.2) is 0 Å². The fraction of sp³-hybridized carbons (Fsp3) is 0.917. The third-order valence-electron chi connectivity index (χ3n) is 2.41. The van der Waals surface area contributed by atoms with Crippen LogP contribution in [0.1, 0.15) is 26.2 Å². The predicted molar refractivity (Wildman–Crippen MR) is 73.0 cm³/mol. The monoisotopic (exact) mass is 246 g/mol. The number of carbonyl (C=O) groups excluding carboxylic acids is 1. The highest BCUT2D eigenvalue weighted by atomic mass is 32.2. The van der Waals surface area contributed by atoms with Crippen molar-refractivity contribution >= 4 is 17.7 Å². The van der Waals surface area contributed by atoms with E-state index in [0.717, 1.165) is 37.4 Å². The normalized spacial score (nSPS) is 10.8. The number of thioether (sulfide) groups is 1. The van der Waals surface area contributed by atoms with E-state index in [9.17, 15) is 4.79 Å². The smallest absolute Gasteiger partial charge is 0.222 e. The van der Waals surface area contributed by atoms with E-state index in [1.165, 1.54) is 0 Å². The van der Waals surface area contributed by atoms with Crippen LogP contribution in [0, 0.1) is 0 Å². The molecule has 0 aromatic rings. The first-order chi connectivity index (χ1) is 7.57. The van der Waals surface area contributed by atoms with Gasteiger partial charge in [-0.15, -0.1) is 0 Å². The summed E-state index contributed by atoms with van der Waals surface area (Å²) in [5, 5.41) is 0. The molecule has 96 valence electrons. The van der Waals surface area contributed by atoms with Crippen molar-refractivity contribution in [1.29, 1.82) is 0 Å². The Labute approximate surface area is 105 Å². The molecule has 0 heterocycles. The molecule has 0 unspecified atom stereocenters. The number of hydrogen-bond acceptors (Lipinski definition) is 3. The molecule has 0 spiro atoms. The van der Waals surface area contributed by atoms with Crippen molar-refractivity contribution in [3.8, 4) is 0 Å². The van der Waals surface area contributed by atoms with Gasteiger partial charge < -0.3 is 9.80 Å². The maximum Gasteiger partial charge on any atom is 0.222 e. The predicted octanol–water partition coefficient (Wildman–Crippen LogP) is 1.93. The Morgan fingerprint density at radius 1 is 1.12 bits per heavy atom. The molecule has 0 aromatic carbocycles. The van der Waals surface area contributed by atoms with Gasteiger partial charge in [0, 0.05) is 20.0 Å². The van der Waals surface area contributed by atoms with Crippen LogP contribution in [0.4, 0.5) is 0 Å². The summed E-state index contributed by atoms with van der Waals surface area (Å²) in [6.07, 6.45) is 2.76. The zero-order valence-corrected chi connectivity index (χ0v) is 12.0. The summed E-state index contributed by atoms with van der Waals surface area (Å²) >= 11 is 1.91. The van der Waals surface area contributed by atoms with E-state index >= 15 is 0 Å². The molecule has 4 heteroatoms. The van der Waals surface area contributed by atoms with E-state index in [0.29, 0.717) is 6.42 Å². The molecule has 0 saturated carbocycles. The second-order valence-corrected chi connectivity index (χ2v) is 5.67. The Bertz CT molecular complexity index is 186. The molecule has 0 radical (unpaired) electrons. The Morgan fingerprint density at radius 3 is 2.38 bits per heavy atom. The lowest BCUT2D eigenvalue weighted by Crippen LogP contribution is -2.29. The highest BCUT2D eigenvalue weighted by molar-refractivity contribution is 7.99. The number of nitrogens with zero attached hydrogens (tertiary/aromatic N) is 2. The summed E-state index contributed by atoms with van der Waals surface area (Å²) < 4.78 is 0. The van der Waals surface area contributed by atoms with Crippen molar-refractivity contribution in [3.63, 3.8) is 0 Å². The molecule has 0 saturated heterocycles. The molecule has 0 aliphatic heterocycles. The van der Waals surface area contributed by atoms with Crippen LogP contribution < -0.4 is 0 Å². The van der Waals surface area contributed by atoms with Crippen LogP contribution in [0.3, 0.4) is 0 Å². The van der Waals surface area contributed by atoms with Crippen molar-refractivity contribution in [2.45, 2.75) is 26.2 Å². The first kappa shape index (κ1) is 15.8. The molecule has 0 fully saturated rings. The van der Waals surface area contributed by atoms with Crippen LogP contribution >= 0.6 is 11.8 Å². The molecule has 3 nitrogen and oxygen atoms in total. The number of carbonyl (C=O) groups is 1. The molecular weight excluding hydrogens is 220 g/mol. The van der Waals surface area contributed by atoms with Crippen molar-refractivity contribution in [1.82, 2.24) is 9.80 Å². The Morgan fingerprint density at radius 2 is 1.81 bits per heavy atom. The van der Waals surface area contributed by atoms with Crippen molar-refractivity contribution < 1.29 is 4.79 Å². The summed E-state index contributed by atoms with van der Waals surface area (Å²) in [5.74, 6) is 2.54. The highest BCUT2D eigenvalue weighted by Gasteiger charge is 2.07. The molecule has 0 bridgehead atoms. The van der Waals surface area contributed by atoms with Crippen molar-refractivity contribution in [2.75, 3.05) is 45.7 Å². The Balaban J connectivity index is 3.49. The van der Waals surface area contributed by atoms with E-state index in [4.69, 9.17) is 0 Å². The van der Waals surface area contributed by atoms with Gasteiger partial charge in [-0.25, -0.2) is 0 Å². The minimum atomic E-state index is 0.287. The molecule has 0 aliphatic rings. The minimum Gasteiger partial charge on any atom is -0.346 e. The zero-order valence-electron chi connectivity index (χ0n) is 11.2. The van der Waals surface area contributed by atoms with Gasteiger partial charge in [0.25, 0.3) is 0 Å². The Hall–Kier alpha value is -0.220. The van der Waals surface area contributed by atoms with Gasteiger partial charge in [0.2, 0.25) is 5.91 Å². The number of hydrogen-bond donors (Lipinski definition) is 0. The van der Waals surface area contributed by atoms with Gasteiger partial charge in [0.05, 0.1) is 0 Å². The minimum absolute atomic E-state index is 0.287. The Kier molecular flexibility index (Phi) is 9.83. The summed E-state index contributed by atoms with van der Waals surface area (Å²) in [7, 11) is 6.03.